The summed E-state index contributed by atoms with van der Waals surface area (Å²) < 4.78 is 42.0. The van der Waals surface area contributed by atoms with Gasteiger partial charge in [0.25, 0.3) is 0 Å². The van der Waals surface area contributed by atoms with Gasteiger partial charge in [-0.2, -0.15) is 22.8 Å². The van der Waals surface area contributed by atoms with Crippen molar-refractivity contribution in [1.82, 2.24) is 14.6 Å². The quantitative estimate of drug-likeness (QED) is 0.665. The molecular formula is C18H19F3N4. The SMILES string of the molecule is CCCCNc1cc(C)nc2c(-c3ccccc3)c(C(F)(F)F)nn12. The summed E-state index contributed by atoms with van der Waals surface area (Å²) in [6, 6.07) is 10.2. The minimum absolute atomic E-state index is 0.00958. The van der Waals surface area contributed by atoms with Crippen LogP contribution in [0.5, 0.6) is 0 Å². The summed E-state index contributed by atoms with van der Waals surface area (Å²) in [6.07, 6.45) is -2.66. The van der Waals surface area contributed by atoms with Crippen LogP contribution in [0, 0.1) is 6.92 Å². The fourth-order valence-electron chi connectivity index (χ4n) is 2.73. The number of nitrogens with zero attached hydrogens (tertiary/aromatic N) is 3. The third kappa shape index (κ3) is 3.45. The molecule has 1 aromatic carbocycles. The zero-order valence-corrected chi connectivity index (χ0v) is 14.1. The van der Waals surface area contributed by atoms with Gasteiger partial charge in [0, 0.05) is 18.3 Å². The molecule has 2 heterocycles. The van der Waals surface area contributed by atoms with E-state index >= 15 is 0 Å². The Morgan fingerprint density at radius 1 is 1.16 bits per heavy atom. The van der Waals surface area contributed by atoms with Gasteiger partial charge in [0.15, 0.2) is 11.3 Å². The van der Waals surface area contributed by atoms with E-state index in [1.807, 2.05) is 0 Å². The van der Waals surface area contributed by atoms with Crippen LogP contribution in [0.2, 0.25) is 0 Å². The van der Waals surface area contributed by atoms with Gasteiger partial charge in [-0.05, 0) is 18.9 Å². The van der Waals surface area contributed by atoms with Gasteiger partial charge >= 0.3 is 6.18 Å². The van der Waals surface area contributed by atoms with Gasteiger partial charge in [0.05, 0.1) is 5.56 Å². The molecule has 0 aliphatic heterocycles. The van der Waals surface area contributed by atoms with Gasteiger partial charge in [0.1, 0.15) is 5.82 Å². The van der Waals surface area contributed by atoms with Gasteiger partial charge in [-0.15, -0.1) is 0 Å². The molecule has 0 aliphatic carbocycles. The molecule has 1 N–H and O–H groups in total. The number of nitrogens with one attached hydrogen (secondary N) is 1. The first-order chi connectivity index (χ1) is 11.9. The largest absolute Gasteiger partial charge is 0.435 e. The summed E-state index contributed by atoms with van der Waals surface area (Å²) in [5.74, 6) is 0.517. The molecule has 4 nitrogen and oxygen atoms in total. The molecule has 0 bridgehead atoms. The van der Waals surface area contributed by atoms with E-state index in [0.717, 1.165) is 12.8 Å². The molecule has 0 radical (unpaired) electrons. The van der Waals surface area contributed by atoms with E-state index < -0.39 is 11.9 Å². The van der Waals surface area contributed by atoms with Gasteiger partial charge in [0.2, 0.25) is 0 Å². The Bertz CT molecular complexity index is 869. The van der Waals surface area contributed by atoms with Crippen molar-refractivity contribution in [3.05, 3.63) is 47.8 Å². The summed E-state index contributed by atoms with van der Waals surface area (Å²) >= 11 is 0. The number of fused-ring (bicyclic) bond motifs is 1. The normalized spacial score (nSPS) is 11.9. The zero-order valence-electron chi connectivity index (χ0n) is 14.1. The highest BCUT2D eigenvalue weighted by atomic mass is 19.4. The monoisotopic (exact) mass is 348 g/mol. The lowest BCUT2D eigenvalue weighted by Crippen LogP contribution is -2.10. The molecule has 0 atom stereocenters. The van der Waals surface area contributed by atoms with Crippen molar-refractivity contribution in [1.29, 1.82) is 0 Å². The highest BCUT2D eigenvalue weighted by Gasteiger charge is 2.39. The van der Waals surface area contributed by atoms with Crippen LogP contribution in [-0.2, 0) is 6.18 Å². The second-order valence-electron chi connectivity index (χ2n) is 5.89. The van der Waals surface area contributed by atoms with Crippen LogP contribution in [0.15, 0.2) is 36.4 Å². The fraction of sp³-hybridized carbons (Fsp3) is 0.333. The Morgan fingerprint density at radius 3 is 2.52 bits per heavy atom. The molecule has 0 amide bonds. The Balaban J connectivity index is 2.25. The molecule has 25 heavy (non-hydrogen) atoms. The maximum absolute atomic E-state index is 13.6. The third-order valence-electron chi connectivity index (χ3n) is 3.88. The van der Waals surface area contributed by atoms with Crippen molar-refractivity contribution < 1.29 is 13.2 Å². The number of hydrogen-bond acceptors (Lipinski definition) is 3. The van der Waals surface area contributed by atoms with Crippen LogP contribution in [0.1, 0.15) is 31.2 Å². The molecule has 0 fully saturated rings. The summed E-state index contributed by atoms with van der Waals surface area (Å²) in [5, 5.41) is 7.01. The maximum Gasteiger partial charge on any atom is 0.435 e. The van der Waals surface area contributed by atoms with Gasteiger partial charge in [-0.1, -0.05) is 43.7 Å². The molecule has 0 spiro atoms. The summed E-state index contributed by atoms with van der Waals surface area (Å²) in [7, 11) is 0. The van der Waals surface area contributed by atoms with Gasteiger partial charge in [-0.25, -0.2) is 4.98 Å². The van der Waals surface area contributed by atoms with Crippen molar-refractivity contribution in [3.8, 4) is 11.1 Å². The smallest absolute Gasteiger partial charge is 0.370 e. The van der Waals surface area contributed by atoms with Gasteiger partial charge < -0.3 is 5.32 Å². The predicted molar refractivity (Wildman–Crippen MR) is 91.6 cm³/mol. The van der Waals surface area contributed by atoms with E-state index in [1.54, 1.807) is 43.3 Å². The first-order valence-corrected chi connectivity index (χ1v) is 8.18. The van der Waals surface area contributed by atoms with E-state index in [9.17, 15) is 13.2 Å². The van der Waals surface area contributed by atoms with Crippen molar-refractivity contribution >= 4 is 11.5 Å². The number of halogens is 3. The topological polar surface area (TPSA) is 42.2 Å². The molecule has 2 aromatic heterocycles. The van der Waals surface area contributed by atoms with E-state index in [-0.39, 0.29) is 11.2 Å². The number of alkyl halides is 3. The Labute approximate surface area is 143 Å². The number of anilines is 1. The first kappa shape index (κ1) is 17.3. The molecule has 0 unspecified atom stereocenters. The second-order valence-corrected chi connectivity index (χ2v) is 5.89. The van der Waals surface area contributed by atoms with Crippen molar-refractivity contribution in [2.45, 2.75) is 32.9 Å². The maximum atomic E-state index is 13.6. The first-order valence-electron chi connectivity index (χ1n) is 8.18. The molecular weight excluding hydrogens is 329 g/mol. The molecule has 3 rings (SSSR count). The van der Waals surface area contributed by atoms with E-state index in [2.05, 4.69) is 22.3 Å². The van der Waals surface area contributed by atoms with E-state index in [4.69, 9.17) is 0 Å². The highest BCUT2D eigenvalue weighted by Crippen LogP contribution is 2.39. The molecule has 0 saturated heterocycles. The number of hydrogen-bond donors (Lipinski definition) is 1. The van der Waals surface area contributed by atoms with Crippen LogP contribution in [0.4, 0.5) is 19.0 Å². The molecule has 0 saturated carbocycles. The van der Waals surface area contributed by atoms with Crippen molar-refractivity contribution in [2.75, 3.05) is 11.9 Å². The predicted octanol–water partition coefficient (Wildman–Crippen LogP) is 4.94. The molecule has 132 valence electrons. The van der Waals surface area contributed by atoms with Crippen LogP contribution in [-0.4, -0.2) is 21.1 Å². The average molecular weight is 348 g/mol. The van der Waals surface area contributed by atoms with Crippen LogP contribution >= 0.6 is 0 Å². The lowest BCUT2D eigenvalue weighted by atomic mass is 10.1. The number of rotatable bonds is 5. The molecule has 3 aromatic rings. The van der Waals surface area contributed by atoms with Crippen molar-refractivity contribution in [3.63, 3.8) is 0 Å². The number of aryl methyl sites for hydroxylation is 1. The van der Waals surface area contributed by atoms with Crippen LogP contribution in [0.3, 0.4) is 0 Å². The molecule has 7 heteroatoms. The van der Waals surface area contributed by atoms with Crippen LogP contribution < -0.4 is 5.32 Å². The number of unbranched alkanes of at least 4 members (excludes halogenated alkanes) is 1. The van der Waals surface area contributed by atoms with Gasteiger partial charge in [-0.3, -0.25) is 0 Å². The number of benzene rings is 1. The van der Waals surface area contributed by atoms with E-state index in [1.165, 1.54) is 4.52 Å². The standard InChI is InChI=1S/C18H19F3N4/c1-3-4-10-22-14-11-12(2)23-17-15(13-8-6-5-7-9-13)16(18(19,20)21)24-25(14)17/h5-9,11,22H,3-4,10H2,1-2H3. The highest BCUT2D eigenvalue weighted by molar-refractivity contribution is 5.81. The summed E-state index contributed by atoms with van der Waals surface area (Å²) in [6.45, 7) is 4.48. The van der Waals surface area contributed by atoms with E-state index in [0.29, 0.717) is 23.6 Å². The summed E-state index contributed by atoms with van der Waals surface area (Å²) in [4.78, 5) is 4.34. The Morgan fingerprint density at radius 2 is 1.88 bits per heavy atom. The zero-order chi connectivity index (χ0) is 18.0. The average Bonchev–Trinajstić information content (AvgIpc) is 2.95. The second kappa shape index (κ2) is 6.74. The number of aromatic nitrogens is 3. The summed E-state index contributed by atoms with van der Waals surface area (Å²) in [5.41, 5.74) is 0.378. The fourth-order valence-corrected chi connectivity index (χ4v) is 2.73. The minimum Gasteiger partial charge on any atom is -0.370 e. The molecule has 0 aliphatic rings. The Kier molecular flexibility index (Phi) is 4.65. The lowest BCUT2D eigenvalue weighted by Gasteiger charge is -2.09. The minimum atomic E-state index is -4.56. The van der Waals surface area contributed by atoms with Crippen LogP contribution in [0.25, 0.3) is 16.8 Å². The lowest BCUT2D eigenvalue weighted by molar-refractivity contribution is -0.140. The Hall–Kier alpha value is -2.57. The van der Waals surface area contributed by atoms with Crippen molar-refractivity contribution in [2.24, 2.45) is 0 Å². The third-order valence-corrected chi connectivity index (χ3v) is 3.88.